The summed E-state index contributed by atoms with van der Waals surface area (Å²) < 4.78 is 89.9. The Morgan fingerprint density at radius 2 is 1.78 bits per heavy atom. The number of nitrogens with zero attached hydrogens (tertiary/aromatic N) is 2. The molecule has 0 radical (unpaired) electrons. The Kier molecular flexibility index (Phi) is 4.74. The Morgan fingerprint density at radius 3 is 2.41 bits per heavy atom. The summed E-state index contributed by atoms with van der Waals surface area (Å²) in [5.41, 5.74) is -2.03. The molecule has 0 spiro atoms. The molecule has 4 nitrogen and oxygen atoms in total. The van der Waals surface area contributed by atoms with Crippen LogP contribution in [0.25, 0.3) is 0 Å². The number of aromatic amines is 1. The lowest BCUT2D eigenvalue weighted by Gasteiger charge is -2.28. The summed E-state index contributed by atoms with van der Waals surface area (Å²) in [5, 5.41) is 0. The van der Waals surface area contributed by atoms with E-state index < -0.39 is 35.1 Å². The number of alkyl halides is 6. The van der Waals surface area contributed by atoms with Gasteiger partial charge in [0.05, 0.1) is 16.8 Å². The van der Waals surface area contributed by atoms with Crippen LogP contribution in [-0.2, 0) is 31.9 Å². The maximum absolute atomic E-state index is 13.5. The molecule has 1 aliphatic heterocycles. The average Bonchev–Trinajstić information content (AvgIpc) is 2.53. The molecular formula is C16H12F7N3O. The van der Waals surface area contributed by atoms with Crippen molar-refractivity contribution in [2.75, 3.05) is 6.54 Å². The van der Waals surface area contributed by atoms with Crippen LogP contribution in [0.15, 0.2) is 23.0 Å². The van der Waals surface area contributed by atoms with Crippen molar-refractivity contribution in [2.24, 2.45) is 0 Å². The van der Waals surface area contributed by atoms with Gasteiger partial charge in [-0.2, -0.15) is 26.3 Å². The zero-order valence-corrected chi connectivity index (χ0v) is 13.5. The van der Waals surface area contributed by atoms with E-state index in [1.54, 1.807) is 9.88 Å². The highest BCUT2D eigenvalue weighted by molar-refractivity contribution is 5.28. The Bertz CT molecular complexity index is 918. The van der Waals surface area contributed by atoms with E-state index in [-0.39, 0.29) is 42.9 Å². The zero-order chi connectivity index (χ0) is 20.0. The molecule has 1 aromatic heterocycles. The Morgan fingerprint density at radius 1 is 1.07 bits per heavy atom. The summed E-state index contributed by atoms with van der Waals surface area (Å²) in [6.45, 7) is -0.0347. The van der Waals surface area contributed by atoms with Crippen molar-refractivity contribution in [2.45, 2.75) is 31.9 Å². The molecule has 0 aliphatic carbocycles. The normalized spacial score (nSPS) is 15.7. The first-order chi connectivity index (χ1) is 12.4. The Balaban J connectivity index is 1.84. The third kappa shape index (κ3) is 4.29. The van der Waals surface area contributed by atoms with Crippen LogP contribution in [0.2, 0.25) is 0 Å². The summed E-state index contributed by atoms with van der Waals surface area (Å²) in [6.07, 6.45) is -9.48. The van der Waals surface area contributed by atoms with Gasteiger partial charge in [0.1, 0.15) is 5.82 Å². The second kappa shape index (κ2) is 6.63. The molecule has 0 atom stereocenters. The Labute approximate surface area is 147 Å². The van der Waals surface area contributed by atoms with Crippen LogP contribution in [0.5, 0.6) is 0 Å². The van der Waals surface area contributed by atoms with Crippen LogP contribution in [0, 0.1) is 5.82 Å². The molecule has 27 heavy (non-hydrogen) atoms. The van der Waals surface area contributed by atoms with E-state index in [4.69, 9.17) is 0 Å². The summed E-state index contributed by atoms with van der Waals surface area (Å²) >= 11 is 0. The maximum atomic E-state index is 13.5. The highest BCUT2D eigenvalue weighted by Gasteiger charge is 2.36. The van der Waals surface area contributed by atoms with Crippen LogP contribution in [0.3, 0.4) is 0 Å². The first kappa shape index (κ1) is 19.3. The van der Waals surface area contributed by atoms with Crippen molar-refractivity contribution in [3.05, 3.63) is 62.6 Å². The van der Waals surface area contributed by atoms with Crippen LogP contribution in [0.1, 0.15) is 28.2 Å². The molecule has 1 N–H and O–H groups in total. The van der Waals surface area contributed by atoms with Gasteiger partial charge in [0.25, 0.3) is 5.56 Å². The fourth-order valence-corrected chi connectivity index (χ4v) is 2.91. The molecule has 11 heteroatoms. The summed E-state index contributed by atoms with van der Waals surface area (Å²) in [4.78, 5) is 18.6. The lowest BCUT2D eigenvalue weighted by atomic mass is 10.0. The lowest BCUT2D eigenvalue weighted by Crippen LogP contribution is -2.36. The molecule has 2 heterocycles. The van der Waals surface area contributed by atoms with E-state index in [2.05, 4.69) is 4.98 Å². The van der Waals surface area contributed by atoms with Crippen LogP contribution in [-0.4, -0.2) is 21.4 Å². The number of halogens is 7. The molecule has 3 rings (SSSR count). The molecule has 2 aromatic rings. The third-order valence-corrected chi connectivity index (χ3v) is 4.11. The minimum atomic E-state index is -4.79. The fraction of sp³-hybridized carbons (Fsp3) is 0.375. The molecule has 0 saturated carbocycles. The van der Waals surface area contributed by atoms with Gasteiger partial charge in [0.2, 0.25) is 5.82 Å². The van der Waals surface area contributed by atoms with Gasteiger partial charge in [-0.1, -0.05) is 0 Å². The largest absolute Gasteiger partial charge is 0.449 e. The van der Waals surface area contributed by atoms with E-state index in [0.717, 1.165) is 12.1 Å². The summed E-state index contributed by atoms with van der Waals surface area (Å²) in [5.74, 6) is -2.44. The van der Waals surface area contributed by atoms with Gasteiger partial charge in [-0.3, -0.25) is 9.69 Å². The third-order valence-electron chi connectivity index (χ3n) is 4.11. The molecule has 0 saturated heterocycles. The van der Waals surface area contributed by atoms with Gasteiger partial charge in [-0.05, 0) is 23.8 Å². The molecule has 146 valence electrons. The molecule has 0 fully saturated rings. The number of aromatic nitrogens is 2. The van der Waals surface area contributed by atoms with Gasteiger partial charge in [-0.25, -0.2) is 9.37 Å². The second-order valence-corrected chi connectivity index (χ2v) is 6.14. The Hall–Kier alpha value is -2.43. The van der Waals surface area contributed by atoms with E-state index in [1.807, 2.05) is 0 Å². The number of H-pyrrole nitrogens is 1. The molecule has 0 amide bonds. The van der Waals surface area contributed by atoms with Gasteiger partial charge in [0, 0.05) is 26.1 Å². The number of fused-ring (bicyclic) bond motifs is 1. The standard InChI is InChI=1S/C16H12F7N3O/c17-10-4-8(3-9(5-10)15(18,19)20)6-26-2-1-12-11(7-26)13(27)25-14(24-12)16(21,22)23/h3-5H,1-2,6-7H2,(H,24,25,27). The van der Waals surface area contributed by atoms with E-state index in [0.29, 0.717) is 6.07 Å². The van der Waals surface area contributed by atoms with Gasteiger partial charge < -0.3 is 4.98 Å². The quantitative estimate of drug-likeness (QED) is 0.792. The lowest BCUT2D eigenvalue weighted by molar-refractivity contribution is -0.145. The van der Waals surface area contributed by atoms with E-state index in [9.17, 15) is 35.5 Å². The maximum Gasteiger partial charge on any atom is 0.449 e. The number of benzene rings is 1. The van der Waals surface area contributed by atoms with Crippen molar-refractivity contribution in [3.63, 3.8) is 0 Å². The summed E-state index contributed by atoms with van der Waals surface area (Å²) in [7, 11) is 0. The number of hydrogen-bond acceptors (Lipinski definition) is 3. The molecule has 1 aliphatic rings. The first-order valence-corrected chi connectivity index (χ1v) is 7.72. The van der Waals surface area contributed by atoms with Crippen molar-refractivity contribution in [1.29, 1.82) is 0 Å². The van der Waals surface area contributed by atoms with Gasteiger partial charge in [-0.15, -0.1) is 0 Å². The fourth-order valence-electron chi connectivity index (χ4n) is 2.91. The van der Waals surface area contributed by atoms with Crippen LogP contribution < -0.4 is 5.56 Å². The van der Waals surface area contributed by atoms with Crippen LogP contribution >= 0.6 is 0 Å². The van der Waals surface area contributed by atoms with E-state index >= 15 is 0 Å². The number of rotatable bonds is 2. The molecule has 0 bridgehead atoms. The molecule has 1 aromatic carbocycles. The zero-order valence-electron chi connectivity index (χ0n) is 13.5. The highest BCUT2D eigenvalue weighted by Crippen LogP contribution is 2.31. The first-order valence-electron chi connectivity index (χ1n) is 7.72. The monoisotopic (exact) mass is 395 g/mol. The van der Waals surface area contributed by atoms with Gasteiger partial charge >= 0.3 is 12.4 Å². The predicted octanol–water partition coefficient (Wildman–Crippen LogP) is 3.50. The smallest absolute Gasteiger partial charge is 0.303 e. The van der Waals surface area contributed by atoms with E-state index in [1.165, 1.54) is 0 Å². The van der Waals surface area contributed by atoms with Crippen LogP contribution in [0.4, 0.5) is 30.7 Å². The topological polar surface area (TPSA) is 49.0 Å². The highest BCUT2D eigenvalue weighted by atomic mass is 19.4. The molecule has 0 unspecified atom stereocenters. The number of nitrogens with one attached hydrogen (secondary N) is 1. The van der Waals surface area contributed by atoms with Crippen molar-refractivity contribution in [1.82, 2.24) is 14.9 Å². The summed E-state index contributed by atoms with van der Waals surface area (Å²) in [6, 6.07) is 2.12. The predicted molar refractivity (Wildman–Crippen MR) is 79.1 cm³/mol. The minimum absolute atomic E-state index is 0.00227. The minimum Gasteiger partial charge on any atom is -0.303 e. The SMILES string of the molecule is O=c1[nH]c(C(F)(F)F)nc2c1CN(Cc1cc(F)cc(C(F)(F)F)c1)CC2. The second-order valence-electron chi connectivity index (χ2n) is 6.14. The van der Waals surface area contributed by atoms with Crippen molar-refractivity contribution < 1.29 is 30.7 Å². The average molecular weight is 395 g/mol. The van der Waals surface area contributed by atoms with Crippen molar-refractivity contribution >= 4 is 0 Å². The van der Waals surface area contributed by atoms with Gasteiger partial charge in [0.15, 0.2) is 0 Å². The molecular weight excluding hydrogens is 383 g/mol. The van der Waals surface area contributed by atoms with Crippen molar-refractivity contribution in [3.8, 4) is 0 Å². The number of hydrogen-bond donors (Lipinski definition) is 1.